The number of aromatic nitrogens is 3. The Morgan fingerprint density at radius 2 is 1.38 bits per heavy atom. The maximum absolute atomic E-state index is 5.39. The van der Waals surface area contributed by atoms with Crippen LogP contribution in [0.5, 0.6) is 23.5 Å². The van der Waals surface area contributed by atoms with Gasteiger partial charge >= 0.3 is 12.0 Å². The third-order valence-corrected chi connectivity index (χ3v) is 3.95. The molecule has 0 N–H and O–H groups in total. The van der Waals surface area contributed by atoms with Gasteiger partial charge in [0.05, 0.1) is 28.4 Å². The van der Waals surface area contributed by atoms with Crippen molar-refractivity contribution in [2.75, 3.05) is 39.9 Å². The fourth-order valence-corrected chi connectivity index (χ4v) is 2.71. The smallest absolute Gasteiger partial charge is 0.324 e. The second-order valence-corrected chi connectivity index (χ2v) is 5.26. The van der Waals surface area contributed by atoms with E-state index in [1.807, 2.05) is 12.1 Å². The number of rotatable bonds is 5. The van der Waals surface area contributed by atoms with Gasteiger partial charge in [0.25, 0.3) is 0 Å². The molecule has 3 rings (SSSR count). The van der Waals surface area contributed by atoms with Crippen LogP contribution in [0.15, 0.2) is 12.1 Å². The molecule has 0 atom stereocenters. The van der Waals surface area contributed by atoms with Crippen molar-refractivity contribution >= 4 is 5.95 Å². The number of methoxy groups -OCH3 is 4. The molecule has 0 radical (unpaired) electrons. The highest BCUT2D eigenvalue weighted by molar-refractivity contribution is 5.51. The Hall–Kier alpha value is -2.77. The Bertz CT molecular complexity index is 716. The first-order chi connectivity index (χ1) is 11.7. The molecule has 8 heteroatoms. The minimum atomic E-state index is 0.231. The molecular formula is C16H20N4O4. The SMILES string of the molecule is COc1nc(OC)nc(N2CCc3cc(OC)c(OC)cc3C2)n1. The minimum absolute atomic E-state index is 0.231. The largest absolute Gasteiger partial charge is 0.493 e. The summed E-state index contributed by atoms with van der Waals surface area (Å²) in [5.41, 5.74) is 2.38. The number of benzene rings is 1. The van der Waals surface area contributed by atoms with E-state index in [4.69, 9.17) is 18.9 Å². The van der Waals surface area contributed by atoms with Crippen molar-refractivity contribution in [3.8, 4) is 23.5 Å². The van der Waals surface area contributed by atoms with Crippen molar-refractivity contribution in [1.82, 2.24) is 15.0 Å². The lowest BCUT2D eigenvalue weighted by Crippen LogP contribution is -2.32. The van der Waals surface area contributed by atoms with Crippen LogP contribution in [0.2, 0.25) is 0 Å². The molecule has 2 heterocycles. The van der Waals surface area contributed by atoms with Crippen LogP contribution in [0.1, 0.15) is 11.1 Å². The van der Waals surface area contributed by atoms with Gasteiger partial charge in [-0.15, -0.1) is 4.98 Å². The van der Waals surface area contributed by atoms with E-state index in [9.17, 15) is 0 Å². The Kier molecular flexibility index (Phi) is 4.54. The van der Waals surface area contributed by atoms with Crippen LogP contribution in [-0.2, 0) is 13.0 Å². The Labute approximate surface area is 140 Å². The lowest BCUT2D eigenvalue weighted by Gasteiger charge is -2.29. The van der Waals surface area contributed by atoms with Gasteiger partial charge in [0, 0.05) is 13.1 Å². The Balaban J connectivity index is 1.92. The van der Waals surface area contributed by atoms with Crippen LogP contribution < -0.4 is 23.8 Å². The first kappa shape index (κ1) is 16.1. The summed E-state index contributed by atoms with van der Waals surface area (Å²) < 4.78 is 21.0. The molecule has 0 spiro atoms. The average Bonchev–Trinajstić information content (AvgIpc) is 2.65. The number of ether oxygens (including phenoxy) is 4. The highest BCUT2D eigenvalue weighted by Crippen LogP contribution is 2.34. The first-order valence-electron chi connectivity index (χ1n) is 7.51. The summed E-state index contributed by atoms with van der Waals surface area (Å²) >= 11 is 0. The fraction of sp³-hybridized carbons (Fsp3) is 0.438. The van der Waals surface area contributed by atoms with Gasteiger partial charge in [-0.05, 0) is 29.7 Å². The molecule has 2 aromatic rings. The second kappa shape index (κ2) is 6.77. The summed E-state index contributed by atoms with van der Waals surface area (Å²) in [5, 5.41) is 0. The lowest BCUT2D eigenvalue weighted by molar-refractivity contribution is 0.339. The normalized spacial score (nSPS) is 13.2. The molecule has 0 unspecified atom stereocenters. The van der Waals surface area contributed by atoms with Gasteiger partial charge in [-0.2, -0.15) is 9.97 Å². The quantitative estimate of drug-likeness (QED) is 0.814. The van der Waals surface area contributed by atoms with Crippen LogP contribution in [0.3, 0.4) is 0 Å². The Morgan fingerprint density at radius 3 is 1.92 bits per heavy atom. The zero-order valence-corrected chi connectivity index (χ0v) is 14.2. The Morgan fingerprint density at radius 1 is 0.792 bits per heavy atom. The van der Waals surface area contributed by atoms with E-state index in [1.165, 1.54) is 19.8 Å². The molecule has 8 nitrogen and oxygen atoms in total. The summed E-state index contributed by atoms with van der Waals surface area (Å²) in [6, 6.07) is 4.49. The van der Waals surface area contributed by atoms with E-state index in [0.29, 0.717) is 18.2 Å². The maximum atomic E-state index is 5.39. The van der Waals surface area contributed by atoms with Crippen LogP contribution in [0, 0.1) is 0 Å². The molecule has 0 amide bonds. The van der Waals surface area contributed by atoms with Crippen LogP contribution >= 0.6 is 0 Å². The van der Waals surface area contributed by atoms with E-state index in [2.05, 4.69) is 19.9 Å². The predicted molar refractivity (Wildman–Crippen MR) is 87.2 cm³/mol. The fourth-order valence-electron chi connectivity index (χ4n) is 2.71. The van der Waals surface area contributed by atoms with Crippen molar-refractivity contribution in [2.45, 2.75) is 13.0 Å². The third kappa shape index (κ3) is 2.99. The van der Waals surface area contributed by atoms with E-state index in [1.54, 1.807) is 14.2 Å². The molecule has 0 aliphatic carbocycles. The third-order valence-electron chi connectivity index (χ3n) is 3.95. The second-order valence-electron chi connectivity index (χ2n) is 5.26. The number of nitrogens with zero attached hydrogens (tertiary/aromatic N) is 4. The summed E-state index contributed by atoms with van der Waals surface area (Å²) in [7, 11) is 6.30. The average molecular weight is 332 g/mol. The van der Waals surface area contributed by atoms with E-state index in [0.717, 1.165) is 24.3 Å². The van der Waals surface area contributed by atoms with Crippen molar-refractivity contribution in [3.05, 3.63) is 23.3 Å². The van der Waals surface area contributed by atoms with Gasteiger partial charge in [0.1, 0.15) is 0 Å². The van der Waals surface area contributed by atoms with Gasteiger partial charge in [0.15, 0.2) is 11.5 Å². The van der Waals surface area contributed by atoms with Gasteiger partial charge in [-0.1, -0.05) is 0 Å². The number of anilines is 1. The minimum Gasteiger partial charge on any atom is -0.493 e. The molecule has 0 saturated carbocycles. The maximum Gasteiger partial charge on any atom is 0.324 e. The van der Waals surface area contributed by atoms with Crippen molar-refractivity contribution < 1.29 is 18.9 Å². The van der Waals surface area contributed by atoms with Gasteiger partial charge in [0.2, 0.25) is 5.95 Å². The zero-order chi connectivity index (χ0) is 17.1. The summed E-state index contributed by atoms with van der Waals surface area (Å²) in [6.45, 7) is 1.44. The molecule has 0 bridgehead atoms. The number of hydrogen-bond acceptors (Lipinski definition) is 8. The molecule has 0 saturated heterocycles. The van der Waals surface area contributed by atoms with Crippen LogP contribution in [-0.4, -0.2) is 49.9 Å². The molecular weight excluding hydrogens is 312 g/mol. The topological polar surface area (TPSA) is 78.8 Å². The van der Waals surface area contributed by atoms with Crippen LogP contribution in [0.25, 0.3) is 0 Å². The molecule has 24 heavy (non-hydrogen) atoms. The molecule has 0 fully saturated rings. The van der Waals surface area contributed by atoms with Crippen molar-refractivity contribution in [2.24, 2.45) is 0 Å². The highest BCUT2D eigenvalue weighted by Gasteiger charge is 2.22. The number of hydrogen-bond donors (Lipinski definition) is 0. The molecule has 128 valence electrons. The van der Waals surface area contributed by atoms with E-state index < -0.39 is 0 Å². The molecule has 1 aromatic carbocycles. The molecule has 1 aromatic heterocycles. The predicted octanol–water partition coefficient (Wildman–Crippen LogP) is 1.47. The first-order valence-corrected chi connectivity index (χ1v) is 7.51. The van der Waals surface area contributed by atoms with E-state index >= 15 is 0 Å². The van der Waals surface area contributed by atoms with Gasteiger partial charge in [-0.3, -0.25) is 0 Å². The summed E-state index contributed by atoms with van der Waals surface area (Å²) in [4.78, 5) is 14.7. The molecule has 1 aliphatic rings. The lowest BCUT2D eigenvalue weighted by atomic mass is 9.99. The van der Waals surface area contributed by atoms with Crippen molar-refractivity contribution in [3.63, 3.8) is 0 Å². The highest BCUT2D eigenvalue weighted by atomic mass is 16.5. The zero-order valence-electron chi connectivity index (χ0n) is 14.2. The standard InChI is InChI=1S/C16H20N4O4/c1-21-12-7-10-5-6-20(9-11(10)8-13(12)22-2)14-17-15(23-3)19-16(18-14)24-4/h7-8H,5-6,9H2,1-4H3. The summed E-state index contributed by atoms with van der Waals surface area (Å²) in [5.74, 6) is 1.98. The molecule has 1 aliphatic heterocycles. The van der Waals surface area contributed by atoms with E-state index in [-0.39, 0.29) is 12.0 Å². The number of fused-ring (bicyclic) bond motifs is 1. The monoisotopic (exact) mass is 332 g/mol. The van der Waals surface area contributed by atoms with Gasteiger partial charge < -0.3 is 23.8 Å². The summed E-state index contributed by atoms with van der Waals surface area (Å²) in [6.07, 6.45) is 0.853. The van der Waals surface area contributed by atoms with Crippen molar-refractivity contribution in [1.29, 1.82) is 0 Å². The van der Waals surface area contributed by atoms with Crippen LogP contribution in [0.4, 0.5) is 5.95 Å². The van der Waals surface area contributed by atoms with Gasteiger partial charge in [-0.25, -0.2) is 0 Å².